The second-order valence-corrected chi connectivity index (χ2v) is 6.86. The Kier molecular flexibility index (Phi) is 3.21. The van der Waals surface area contributed by atoms with E-state index in [0.717, 1.165) is 25.8 Å². The van der Waals surface area contributed by atoms with E-state index in [-0.39, 0.29) is 0 Å². The van der Waals surface area contributed by atoms with Crippen molar-refractivity contribution >= 4 is 39.0 Å². The Balaban J connectivity index is 2.02. The lowest BCUT2D eigenvalue weighted by atomic mass is 10.2. The predicted molar refractivity (Wildman–Crippen MR) is 84.1 cm³/mol. The number of hydrogen-bond acceptors (Lipinski definition) is 4. The number of anilines is 1. The Morgan fingerprint density at radius 3 is 2.79 bits per heavy atom. The second-order valence-electron chi connectivity index (χ2n) is 4.51. The molecule has 0 bridgehead atoms. The third-order valence-electron chi connectivity index (χ3n) is 2.84. The van der Waals surface area contributed by atoms with Crippen molar-refractivity contribution in [3.63, 3.8) is 0 Å². The Bertz CT molecular complexity index is 747. The van der Waals surface area contributed by atoms with Gasteiger partial charge in [0, 0.05) is 15.5 Å². The first kappa shape index (κ1) is 12.5. The van der Waals surface area contributed by atoms with Crippen LogP contribution < -0.4 is 5.73 Å². The summed E-state index contributed by atoms with van der Waals surface area (Å²) in [5.41, 5.74) is 9.25. The van der Waals surface area contributed by atoms with Gasteiger partial charge in [-0.3, -0.25) is 0 Å². The summed E-state index contributed by atoms with van der Waals surface area (Å²) in [4.78, 5) is 6.80. The van der Waals surface area contributed by atoms with Gasteiger partial charge in [-0.25, -0.2) is 4.98 Å². The monoisotopic (exact) mass is 286 g/mol. The van der Waals surface area contributed by atoms with Gasteiger partial charge in [0.05, 0.1) is 15.2 Å². The smallest absolute Gasteiger partial charge is 0.0907 e. The summed E-state index contributed by atoms with van der Waals surface area (Å²) in [5.74, 6) is 0. The number of benzene rings is 2. The van der Waals surface area contributed by atoms with Crippen molar-refractivity contribution in [3.05, 3.63) is 47.0 Å². The van der Waals surface area contributed by atoms with E-state index >= 15 is 0 Å². The van der Waals surface area contributed by atoms with Gasteiger partial charge in [0.2, 0.25) is 0 Å². The zero-order valence-corrected chi connectivity index (χ0v) is 12.4. The maximum Gasteiger partial charge on any atom is 0.0907 e. The summed E-state index contributed by atoms with van der Waals surface area (Å²) in [6.07, 6.45) is 0. The Morgan fingerprint density at radius 1 is 1.16 bits per heavy atom. The van der Waals surface area contributed by atoms with Crippen LogP contribution in [0.3, 0.4) is 0 Å². The molecule has 96 valence electrons. The topological polar surface area (TPSA) is 38.9 Å². The number of thiazole rings is 1. The van der Waals surface area contributed by atoms with E-state index in [1.807, 2.05) is 13.0 Å². The molecule has 2 aromatic carbocycles. The van der Waals surface area contributed by atoms with Crippen molar-refractivity contribution in [1.82, 2.24) is 4.98 Å². The van der Waals surface area contributed by atoms with Crippen molar-refractivity contribution in [2.45, 2.75) is 23.6 Å². The molecule has 0 spiro atoms. The molecule has 2 N–H and O–H groups in total. The van der Waals surface area contributed by atoms with Crippen LogP contribution in [-0.4, -0.2) is 4.98 Å². The number of hydrogen-bond donors (Lipinski definition) is 1. The van der Waals surface area contributed by atoms with Crippen LogP contribution in [0.2, 0.25) is 0 Å². The van der Waals surface area contributed by atoms with Gasteiger partial charge in [-0.1, -0.05) is 29.5 Å². The van der Waals surface area contributed by atoms with E-state index in [4.69, 9.17) is 5.73 Å². The third kappa shape index (κ3) is 2.60. The predicted octanol–water partition coefficient (Wildman–Crippen LogP) is 4.65. The quantitative estimate of drug-likeness (QED) is 0.697. The number of aromatic nitrogens is 1. The van der Waals surface area contributed by atoms with Crippen LogP contribution in [0, 0.1) is 13.8 Å². The molecule has 0 unspecified atom stereocenters. The summed E-state index contributed by atoms with van der Waals surface area (Å²) in [6, 6.07) is 12.5. The lowest BCUT2D eigenvalue weighted by Gasteiger charge is -2.06. The van der Waals surface area contributed by atoms with E-state index in [9.17, 15) is 0 Å². The van der Waals surface area contributed by atoms with Crippen LogP contribution >= 0.6 is 23.1 Å². The molecule has 1 aromatic heterocycles. The fraction of sp³-hybridized carbons (Fsp3) is 0.133. The number of fused-ring (bicyclic) bond motifs is 1. The highest BCUT2D eigenvalue weighted by Crippen LogP contribution is 2.36. The molecular weight excluding hydrogens is 272 g/mol. The first-order chi connectivity index (χ1) is 9.11. The molecule has 4 heteroatoms. The van der Waals surface area contributed by atoms with Gasteiger partial charge < -0.3 is 5.73 Å². The lowest BCUT2D eigenvalue weighted by molar-refractivity contribution is 1.33. The molecular formula is C15H14N2S2. The average Bonchev–Trinajstić information content (AvgIpc) is 2.69. The van der Waals surface area contributed by atoms with Crippen LogP contribution in [0.1, 0.15) is 10.6 Å². The van der Waals surface area contributed by atoms with Crippen molar-refractivity contribution in [2.75, 3.05) is 5.73 Å². The van der Waals surface area contributed by atoms with E-state index in [0.29, 0.717) is 0 Å². The lowest BCUT2D eigenvalue weighted by Crippen LogP contribution is -1.88. The molecule has 0 fully saturated rings. The normalized spacial score (nSPS) is 11.1. The van der Waals surface area contributed by atoms with Crippen molar-refractivity contribution in [1.29, 1.82) is 0 Å². The zero-order valence-electron chi connectivity index (χ0n) is 10.8. The summed E-state index contributed by atoms with van der Waals surface area (Å²) in [6.45, 7) is 4.12. The van der Waals surface area contributed by atoms with Gasteiger partial charge in [-0.05, 0) is 38.1 Å². The fourth-order valence-corrected chi connectivity index (χ4v) is 3.83. The molecule has 0 atom stereocenters. The Labute approximate surface area is 120 Å². The minimum Gasteiger partial charge on any atom is -0.398 e. The molecule has 19 heavy (non-hydrogen) atoms. The molecule has 0 aliphatic heterocycles. The van der Waals surface area contributed by atoms with E-state index in [2.05, 4.69) is 42.2 Å². The van der Waals surface area contributed by atoms with Crippen LogP contribution in [0.5, 0.6) is 0 Å². The Morgan fingerprint density at radius 2 is 2.00 bits per heavy atom. The molecule has 0 aliphatic carbocycles. The average molecular weight is 286 g/mol. The molecule has 3 aromatic rings. The standard InChI is InChI=1S/C15H14N2S2/c1-9-4-3-5-11(6-9)19-14-8-13-15(7-12(14)16)18-10(2)17-13/h3-8H,16H2,1-2H3. The second kappa shape index (κ2) is 4.87. The molecule has 0 saturated heterocycles. The number of nitrogens with zero attached hydrogens (tertiary/aromatic N) is 1. The van der Waals surface area contributed by atoms with Gasteiger partial charge in [0.25, 0.3) is 0 Å². The highest BCUT2D eigenvalue weighted by atomic mass is 32.2. The molecule has 0 aliphatic rings. The molecule has 1 heterocycles. The van der Waals surface area contributed by atoms with Gasteiger partial charge in [0.1, 0.15) is 0 Å². The third-order valence-corrected chi connectivity index (χ3v) is 4.84. The highest BCUT2D eigenvalue weighted by molar-refractivity contribution is 7.99. The van der Waals surface area contributed by atoms with Crippen molar-refractivity contribution < 1.29 is 0 Å². The molecule has 3 rings (SSSR count). The SMILES string of the molecule is Cc1cccc(Sc2cc3nc(C)sc3cc2N)c1. The fourth-order valence-electron chi connectivity index (χ4n) is 1.98. The van der Waals surface area contributed by atoms with Gasteiger partial charge in [-0.2, -0.15) is 0 Å². The molecule has 0 saturated carbocycles. The largest absolute Gasteiger partial charge is 0.398 e. The summed E-state index contributed by atoms with van der Waals surface area (Å²) >= 11 is 3.38. The van der Waals surface area contributed by atoms with Crippen LogP contribution in [-0.2, 0) is 0 Å². The first-order valence-corrected chi connectivity index (χ1v) is 7.66. The van der Waals surface area contributed by atoms with E-state index < -0.39 is 0 Å². The van der Waals surface area contributed by atoms with Gasteiger partial charge >= 0.3 is 0 Å². The van der Waals surface area contributed by atoms with Crippen molar-refractivity contribution in [2.24, 2.45) is 0 Å². The number of aryl methyl sites for hydroxylation is 2. The van der Waals surface area contributed by atoms with Gasteiger partial charge in [-0.15, -0.1) is 11.3 Å². The maximum absolute atomic E-state index is 6.14. The molecule has 2 nitrogen and oxygen atoms in total. The highest BCUT2D eigenvalue weighted by Gasteiger charge is 2.07. The van der Waals surface area contributed by atoms with Crippen LogP contribution in [0.25, 0.3) is 10.2 Å². The van der Waals surface area contributed by atoms with E-state index in [1.165, 1.54) is 10.5 Å². The zero-order chi connectivity index (χ0) is 13.4. The Hall–Kier alpha value is -1.52. The minimum atomic E-state index is 0.822. The minimum absolute atomic E-state index is 0.822. The maximum atomic E-state index is 6.14. The van der Waals surface area contributed by atoms with E-state index in [1.54, 1.807) is 23.1 Å². The molecule has 0 amide bonds. The van der Waals surface area contributed by atoms with Gasteiger partial charge in [0.15, 0.2) is 0 Å². The first-order valence-electron chi connectivity index (χ1n) is 6.03. The van der Waals surface area contributed by atoms with Crippen LogP contribution in [0.15, 0.2) is 46.2 Å². The van der Waals surface area contributed by atoms with Crippen molar-refractivity contribution in [3.8, 4) is 0 Å². The summed E-state index contributed by atoms with van der Waals surface area (Å²) in [7, 11) is 0. The van der Waals surface area contributed by atoms with Crippen LogP contribution in [0.4, 0.5) is 5.69 Å². The summed E-state index contributed by atoms with van der Waals surface area (Å²) in [5, 5.41) is 1.08. The summed E-state index contributed by atoms with van der Waals surface area (Å²) < 4.78 is 1.16. The molecule has 0 radical (unpaired) electrons. The number of nitrogens with two attached hydrogens (primary N) is 1. The number of nitrogen functional groups attached to an aromatic ring is 1. The number of rotatable bonds is 2.